The van der Waals surface area contributed by atoms with Crippen molar-refractivity contribution >= 4 is 5.65 Å². The first-order chi connectivity index (χ1) is 9.81. The first-order valence-corrected chi connectivity index (χ1v) is 7.51. The third-order valence-corrected chi connectivity index (χ3v) is 4.67. The summed E-state index contributed by atoms with van der Waals surface area (Å²) in [5, 5.41) is 3.21. The van der Waals surface area contributed by atoms with E-state index in [4.69, 9.17) is 9.72 Å². The van der Waals surface area contributed by atoms with Crippen LogP contribution in [0.2, 0.25) is 0 Å². The van der Waals surface area contributed by atoms with Crippen LogP contribution in [0, 0.1) is 0 Å². The molecule has 0 atom stereocenters. The van der Waals surface area contributed by atoms with Gasteiger partial charge in [0.25, 0.3) is 5.56 Å². The van der Waals surface area contributed by atoms with Crippen LogP contribution in [-0.4, -0.2) is 27.8 Å². The van der Waals surface area contributed by atoms with E-state index in [1.54, 1.807) is 10.6 Å². The number of nitrogens with zero attached hydrogens (tertiary/aromatic N) is 2. The summed E-state index contributed by atoms with van der Waals surface area (Å²) in [6.07, 6.45) is 5.64. The summed E-state index contributed by atoms with van der Waals surface area (Å²) in [7, 11) is 0. The molecule has 1 aliphatic heterocycles. The molecule has 2 aliphatic rings. The monoisotopic (exact) mass is 273 g/mol. The highest BCUT2D eigenvalue weighted by molar-refractivity contribution is 5.41. The minimum absolute atomic E-state index is 0.00191. The molecule has 0 amide bonds. The Balaban J connectivity index is 1.74. The predicted octanol–water partition coefficient (Wildman–Crippen LogP) is 2.18. The number of nitrogens with one attached hydrogen (secondary N) is 1. The van der Waals surface area contributed by atoms with Crippen LogP contribution in [-0.2, 0) is 4.74 Å². The second kappa shape index (κ2) is 4.74. The van der Waals surface area contributed by atoms with Crippen molar-refractivity contribution in [2.45, 2.75) is 43.9 Å². The van der Waals surface area contributed by atoms with E-state index in [1.807, 2.05) is 6.07 Å². The number of aromatic amines is 1. The van der Waals surface area contributed by atoms with Gasteiger partial charge in [0.2, 0.25) is 0 Å². The molecule has 1 saturated carbocycles. The van der Waals surface area contributed by atoms with Gasteiger partial charge >= 0.3 is 0 Å². The summed E-state index contributed by atoms with van der Waals surface area (Å²) < 4.78 is 6.96. The molecule has 5 heteroatoms. The lowest BCUT2D eigenvalue weighted by Gasteiger charge is -2.23. The zero-order valence-electron chi connectivity index (χ0n) is 11.5. The Labute approximate surface area is 117 Å². The fraction of sp³-hybridized carbons (Fsp3) is 0.600. The zero-order valence-corrected chi connectivity index (χ0v) is 11.5. The Morgan fingerprint density at radius 3 is 2.65 bits per heavy atom. The lowest BCUT2D eigenvalue weighted by Crippen LogP contribution is -2.20. The first kappa shape index (κ1) is 12.1. The third-order valence-electron chi connectivity index (χ3n) is 4.67. The zero-order chi connectivity index (χ0) is 13.5. The number of hydrogen-bond acceptors (Lipinski definition) is 3. The van der Waals surface area contributed by atoms with Crippen LogP contribution in [0.5, 0.6) is 0 Å². The molecule has 4 rings (SSSR count). The van der Waals surface area contributed by atoms with E-state index < -0.39 is 0 Å². The number of fused-ring (bicyclic) bond motifs is 1. The van der Waals surface area contributed by atoms with Crippen LogP contribution in [0.1, 0.15) is 55.3 Å². The van der Waals surface area contributed by atoms with Crippen molar-refractivity contribution < 1.29 is 4.74 Å². The fourth-order valence-corrected chi connectivity index (χ4v) is 3.16. The van der Waals surface area contributed by atoms with Crippen molar-refractivity contribution in [2.75, 3.05) is 13.2 Å². The molecular weight excluding hydrogens is 254 g/mol. The van der Waals surface area contributed by atoms with E-state index in [-0.39, 0.29) is 5.56 Å². The van der Waals surface area contributed by atoms with Gasteiger partial charge in [0.1, 0.15) is 0 Å². The Hall–Kier alpha value is -1.62. The SMILES string of the molecule is O=c1cc(C2CCOCC2)nc2cc(C3CCC3)[nH]n12. The van der Waals surface area contributed by atoms with E-state index in [0.29, 0.717) is 11.8 Å². The number of hydrogen-bond donors (Lipinski definition) is 1. The maximum atomic E-state index is 12.2. The highest BCUT2D eigenvalue weighted by Crippen LogP contribution is 2.35. The summed E-state index contributed by atoms with van der Waals surface area (Å²) in [5.41, 5.74) is 2.85. The highest BCUT2D eigenvalue weighted by atomic mass is 16.5. The Kier molecular flexibility index (Phi) is 2.88. The van der Waals surface area contributed by atoms with Gasteiger partial charge in [0.05, 0.1) is 5.69 Å². The lowest BCUT2D eigenvalue weighted by molar-refractivity contribution is 0.0845. The number of rotatable bonds is 2. The van der Waals surface area contributed by atoms with Crippen LogP contribution in [0.15, 0.2) is 16.9 Å². The molecule has 106 valence electrons. The van der Waals surface area contributed by atoms with Crippen molar-refractivity contribution in [2.24, 2.45) is 0 Å². The average Bonchev–Trinajstić information content (AvgIpc) is 2.81. The molecule has 20 heavy (non-hydrogen) atoms. The van der Waals surface area contributed by atoms with Crippen LogP contribution < -0.4 is 5.56 Å². The molecule has 5 nitrogen and oxygen atoms in total. The van der Waals surface area contributed by atoms with Gasteiger partial charge in [0, 0.05) is 42.9 Å². The predicted molar refractivity (Wildman–Crippen MR) is 75.2 cm³/mol. The number of aromatic nitrogens is 3. The molecule has 2 aromatic heterocycles. The van der Waals surface area contributed by atoms with Gasteiger partial charge in [-0.3, -0.25) is 9.89 Å². The normalized spacial score (nSPS) is 21.2. The second-order valence-electron chi connectivity index (χ2n) is 5.94. The van der Waals surface area contributed by atoms with E-state index in [9.17, 15) is 4.79 Å². The van der Waals surface area contributed by atoms with Crippen LogP contribution in [0.4, 0.5) is 0 Å². The molecule has 1 N–H and O–H groups in total. The van der Waals surface area contributed by atoms with Gasteiger partial charge in [-0.25, -0.2) is 9.50 Å². The van der Waals surface area contributed by atoms with Crippen LogP contribution in [0.3, 0.4) is 0 Å². The summed E-state index contributed by atoms with van der Waals surface area (Å²) in [4.78, 5) is 16.9. The van der Waals surface area contributed by atoms with Gasteiger partial charge in [-0.1, -0.05) is 6.42 Å². The summed E-state index contributed by atoms with van der Waals surface area (Å²) in [6, 6.07) is 3.73. The second-order valence-corrected chi connectivity index (χ2v) is 5.94. The molecule has 0 unspecified atom stereocenters. The van der Waals surface area contributed by atoms with Gasteiger partial charge in [-0.05, 0) is 25.7 Å². The van der Waals surface area contributed by atoms with Crippen molar-refractivity contribution in [1.82, 2.24) is 14.6 Å². The molecule has 1 saturated heterocycles. The summed E-state index contributed by atoms with van der Waals surface area (Å²) in [5.74, 6) is 0.950. The Bertz CT molecular complexity index is 678. The quantitative estimate of drug-likeness (QED) is 0.912. The van der Waals surface area contributed by atoms with E-state index in [0.717, 1.165) is 43.1 Å². The van der Waals surface area contributed by atoms with Crippen LogP contribution in [0.25, 0.3) is 5.65 Å². The minimum atomic E-state index is 0.00191. The standard InChI is InChI=1S/C15H19N3O2/c19-15-9-12(11-4-6-20-7-5-11)16-14-8-13(17-18(14)15)10-2-1-3-10/h8-11,17H,1-7H2. The third kappa shape index (κ3) is 1.97. The molecular formula is C15H19N3O2. The summed E-state index contributed by atoms with van der Waals surface area (Å²) in [6.45, 7) is 1.54. The number of ether oxygens (including phenoxy) is 1. The maximum absolute atomic E-state index is 12.2. The maximum Gasteiger partial charge on any atom is 0.272 e. The van der Waals surface area contributed by atoms with Gasteiger partial charge in [-0.15, -0.1) is 0 Å². The largest absolute Gasteiger partial charge is 0.381 e. The number of H-pyrrole nitrogens is 1. The van der Waals surface area contributed by atoms with E-state index in [2.05, 4.69) is 5.10 Å². The molecule has 2 aromatic rings. The Morgan fingerprint density at radius 2 is 1.95 bits per heavy atom. The molecule has 0 spiro atoms. The van der Waals surface area contributed by atoms with Gasteiger partial charge < -0.3 is 4.74 Å². The fourth-order valence-electron chi connectivity index (χ4n) is 3.16. The van der Waals surface area contributed by atoms with Crippen molar-refractivity contribution in [1.29, 1.82) is 0 Å². The van der Waals surface area contributed by atoms with Gasteiger partial charge in [-0.2, -0.15) is 0 Å². The lowest BCUT2D eigenvalue weighted by atomic mass is 9.83. The van der Waals surface area contributed by atoms with Crippen molar-refractivity contribution in [3.8, 4) is 0 Å². The van der Waals surface area contributed by atoms with Gasteiger partial charge in [0.15, 0.2) is 5.65 Å². The van der Waals surface area contributed by atoms with Crippen molar-refractivity contribution in [3.63, 3.8) is 0 Å². The first-order valence-electron chi connectivity index (χ1n) is 7.51. The molecule has 0 bridgehead atoms. The topological polar surface area (TPSA) is 59.4 Å². The Morgan fingerprint density at radius 1 is 1.15 bits per heavy atom. The molecule has 3 heterocycles. The molecule has 0 radical (unpaired) electrons. The molecule has 1 aliphatic carbocycles. The molecule has 0 aromatic carbocycles. The summed E-state index contributed by atoms with van der Waals surface area (Å²) >= 11 is 0. The van der Waals surface area contributed by atoms with E-state index >= 15 is 0 Å². The smallest absolute Gasteiger partial charge is 0.272 e. The van der Waals surface area contributed by atoms with Crippen molar-refractivity contribution in [3.05, 3.63) is 33.9 Å². The average molecular weight is 273 g/mol. The van der Waals surface area contributed by atoms with Crippen LogP contribution >= 0.6 is 0 Å². The minimum Gasteiger partial charge on any atom is -0.381 e. The molecule has 2 fully saturated rings. The highest BCUT2D eigenvalue weighted by Gasteiger charge is 2.23. The van der Waals surface area contributed by atoms with E-state index in [1.165, 1.54) is 19.3 Å².